The Morgan fingerprint density at radius 3 is 1.35 bits per heavy atom. The molecule has 0 saturated heterocycles. The van der Waals surface area contributed by atoms with E-state index in [9.17, 15) is 4.79 Å². The maximum Gasteiger partial charge on any atom is 0.340 e. The molecule has 0 amide bonds. The van der Waals surface area contributed by atoms with Gasteiger partial charge in [-0.25, -0.2) is 4.79 Å². The van der Waals surface area contributed by atoms with Gasteiger partial charge in [-0.1, -0.05) is 83.7 Å². The monoisotopic (exact) mass is 583 g/mol. The Kier molecular flexibility index (Phi) is 11.6. The van der Waals surface area contributed by atoms with Crippen LogP contribution < -0.4 is 14.7 Å². The summed E-state index contributed by atoms with van der Waals surface area (Å²) in [5.74, 6) is -0.271. The number of esters is 1. The fraction of sp³-hybridized carbons (Fsp3) is 0.500. The van der Waals surface area contributed by atoms with Crippen molar-refractivity contribution in [2.75, 3.05) is 55.0 Å². The minimum atomic E-state index is -0.996. The van der Waals surface area contributed by atoms with E-state index in [1.165, 1.54) is 62.7 Å². The lowest BCUT2D eigenvalue weighted by Crippen LogP contribution is -2.30. The number of cyclic esters (lactones) is 1. The van der Waals surface area contributed by atoms with Crippen LogP contribution in [0.25, 0.3) is 0 Å². The molecule has 3 aromatic carbocycles. The molecule has 1 heterocycles. The van der Waals surface area contributed by atoms with Crippen molar-refractivity contribution in [1.29, 1.82) is 0 Å². The van der Waals surface area contributed by atoms with Crippen LogP contribution in [-0.4, -0.2) is 46.2 Å². The lowest BCUT2D eigenvalue weighted by atomic mass is 9.79. The molecular weight excluding hydrogens is 530 g/mol. The molecule has 0 bridgehead atoms. The van der Waals surface area contributed by atoms with Gasteiger partial charge >= 0.3 is 5.97 Å². The molecular formula is C38H53N3O2. The predicted octanol–water partition coefficient (Wildman–Crippen LogP) is 9.03. The molecule has 0 unspecified atom stereocenters. The Morgan fingerprint density at radius 2 is 0.977 bits per heavy atom. The zero-order valence-electron chi connectivity index (χ0n) is 27.5. The average Bonchev–Trinajstić information content (AvgIpc) is 3.33. The summed E-state index contributed by atoms with van der Waals surface area (Å²) in [7, 11) is 4.00. The Labute approximate surface area is 260 Å². The summed E-state index contributed by atoms with van der Waals surface area (Å²) < 4.78 is 6.50. The molecule has 5 nitrogen and oxygen atoms in total. The molecule has 0 aliphatic carbocycles. The molecule has 0 saturated carbocycles. The third-order valence-corrected chi connectivity index (χ3v) is 8.77. The Bertz CT molecular complexity index is 1220. The van der Waals surface area contributed by atoms with Gasteiger partial charge in [0.15, 0.2) is 5.60 Å². The van der Waals surface area contributed by atoms with Crippen LogP contribution in [0.15, 0.2) is 66.7 Å². The van der Waals surface area contributed by atoms with Crippen molar-refractivity contribution in [1.82, 2.24) is 0 Å². The summed E-state index contributed by atoms with van der Waals surface area (Å²) in [6.45, 7) is 13.2. The first kappa shape index (κ1) is 32.4. The lowest BCUT2D eigenvalue weighted by molar-refractivity contribution is 0.0251. The molecule has 232 valence electrons. The Hall–Kier alpha value is -3.47. The van der Waals surface area contributed by atoms with E-state index >= 15 is 0 Å². The molecule has 1 aliphatic rings. The van der Waals surface area contributed by atoms with Gasteiger partial charge in [-0.15, -0.1) is 0 Å². The van der Waals surface area contributed by atoms with Crippen molar-refractivity contribution < 1.29 is 9.53 Å². The number of rotatable bonds is 17. The number of carbonyl (C=O) groups excluding carboxylic acids is 1. The van der Waals surface area contributed by atoms with Crippen LogP contribution >= 0.6 is 0 Å². The van der Waals surface area contributed by atoms with Crippen molar-refractivity contribution >= 4 is 23.0 Å². The third kappa shape index (κ3) is 7.20. The molecule has 0 atom stereocenters. The summed E-state index contributed by atoms with van der Waals surface area (Å²) >= 11 is 0. The molecule has 0 fully saturated rings. The number of fused-ring (bicyclic) bond motifs is 1. The number of hydrogen-bond acceptors (Lipinski definition) is 5. The summed E-state index contributed by atoms with van der Waals surface area (Å²) in [4.78, 5) is 20.6. The highest BCUT2D eigenvalue weighted by molar-refractivity contribution is 5.97. The first-order valence-corrected chi connectivity index (χ1v) is 16.7. The normalized spacial score (nSPS) is 13.5. The van der Waals surface area contributed by atoms with Crippen LogP contribution in [0, 0.1) is 0 Å². The molecule has 0 radical (unpaired) electrons. The summed E-state index contributed by atoms with van der Waals surface area (Å²) in [6.07, 6.45) is 9.41. The number of anilines is 3. The second-order valence-electron chi connectivity index (χ2n) is 12.2. The van der Waals surface area contributed by atoms with Gasteiger partial charge in [-0.3, -0.25) is 0 Å². The van der Waals surface area contributed by atoms with E-state index in [4.69, 9.17) is 4.74 Å². The second-order valence-corrected chi connectivity index (χ2v) is 12.2. The van der Waals surface area contributed by atoms with Crippen molar-refractivity contribution in [2.45, 2.75) is 84.7 Å². The molecule has 5 heteroatoms. The quantitative estimate of drug-likeness (QED) is 0.148. The fourth-order valence-electron chi connectivity index (χ4n) is 6.08. The standard InChI is InChI=1S/C38H53N3O2/c1-7-11-25-40(26-12-8-2)32-19-15-30(16-20-32)38(36-24-23-34(39(5)6)29-35(36)37(42)43-38)31-17-21-33(22-18-31)41(27-13-9-3)28-14-10-4/h15-24,29H,7-14,25-28H2,1-6H3. The van der Waals surface area contributed by atoms with E-state index in [-0.39, 0.29) is 5.97 Å². The highest BCUT2D eigenvalue weighted by Gasteiger charge is 2.48. The van der Waals surface area contributed by atoms with Crippen molar-refractivity contribution in [2.24, 2.45) is 0 Å². The summed E-state index contributed by atoms with van der Waals surface area (Å²) in [5, 5.41) is 0. The molecule has 0 aromatic heterocycles. The summed E-state index contributed by atoms with van der Waals surface area (Å²) in [5.41, 5.74) is 5.95. The smallest absolute Gasteiger partial charge is 0.340 e. The number of benzene rings is 3. The van der Waals surface area contributed by atoms with Crippen molar-refractivity contribution in [3.05, 3.63) is 89.0 Å². The molecule has 43 heavy (non-hydrogen) atoms. The van der Waals surface area contributed by atoms with Crippen LogP contribution in [0.4, 0.5) is 17.1 Å². The predicted molar refractivity (Wildman–Crippen MR) is 183 cm³/mol. The van der Waals surface area contributed by atoms with Gasteiger partial charge in [-0.05, 0) is 62.1 Å². The van der Waals surface area contributed by atoms with Gasteiger partial charge < -0.3 is 19.4 Å². The fourth-order valence-corrected chi connectivity index (χ4v) is 6.08. The largest absolute Gasteiger partial charge is 0.441 e. The third-order valence-electron chi connectivity index (χ3n) is 8.77. The van der Waals surface area contributed by atoms with Crippen LogP contribution in [0.1, 0.15) is 106 Å². The Morgan fingerprint density at radius 1 is 0.581 bits per heavy atom. The molecule has 3 aromatic rings. The van der Waals surface area contributed by atoms with Gasteiger partial charge in [-0.2, -0.15) is 0 Å². The first-order valence-electron chi connectivity index (χ1n) is 16.7. The molecule has 1 aliphatic heterocycles. The van der Waals surface area contributed by atoms with Gasteiger partial charge in [0.25, 0.3) is 0 Å². The summed E-state index contributed by atoms with van der Waals surface area (Å²) in [6, 6.07) is 23.7. The van der Waals surface area contributed by atoms with Gasteiger partial charge in [0, 0.05) is 74.0 Å². The van der Waals surface area contributed by atoms with E-state index in [2.05, 4.69) is 98.2 Å². The van der Waals surface area contributed by atoms with E-state index in [0.29, 0.717) is 5.56 Å². The zero-order valence-corrected chi connectivity index (χ0v) is 27.5. The number of nitrogens with zero attached hydrogens (tertiary/aromatic N) is 3. The number of unbranched alkanes of at least 4 members (excludes halogenated alkanes) is 4. The highest BCUT2D eigenvalue weighted by Crippen LogP contribution is 2.48. The number of ether oxygens (including phenoxy) is 1. The zero-order chi connectivity index (χ0) is 30.8. The Balaban J connectivity index is 1.79. The minimum Gasteiger partial charge on any atom is -0.441 e. The van der Waals surface area contributed by atoms with Crippen LogP contribution in [0.5, 0.6) is 0 Å². The number of hydrogen-bond donors (Lipinski definition) is 0. The molecule has 0 N–H and O–H groups in total. The average molecular weight is 584 g/mol. The lowest BCUT2D eigenvalue weighted by Gasteiger charge is -2.32. The second kappa shape index (κ2) is 15.3. The van der Waals surface area contributed by atoms with Crippen LogP contribution in [0.3, 0.4) is 0 Å². The van der Waals surface area contributed by atoms with Crippen LogP contribution in [0.2, 0.25) is 0 Å². The first-order chi connectivity index (χ1) is 20.9. The van der Waals surface area contributed by atoms with Gasteiger partial charge in [0.05, 0.1) is 5.56 Å². The van der Waals surface area contributed by atoms with E-state index < -0.39 is 5.60 Å². The van der Waals surface area contributed by atoms with E-state index in [1.807, 2.05) is 25.1 Å². The van der Waals surface area contributed by atoms with E-state index in [1.54, 1.807) is 0 Å². The topological polar surface area (TPSA) is 36.0 Å². The molecule has 4 rings (SSSR count). The van der Waals surface area contributed by atoms with Gasteiger partial charge in [0.2, 0.25) is 0 Å². The van der Waals surface area contributed by atoms with Crippen molar-refractivity contribution in [3.8, 4) is 0 Å². The van der Waals surface area contributed by atoms with E-state index in [0.717, 1.165) is 48.6 Å². The number of carbonyl (C=O) groups is 1. The van der Waals surface area contributed by atoms with Crippen LogP contribution in [-0.2, 0) is 10.3 Å². The molecule has 0 spiro atoms. The maximum absolute atomic E-state index is 13.6. The highest BCUT2D eigenvalue weighted by atomic mass is 16.6. The van der Waals surface area contributed by atoms with Crippen molar-refractivity contribution in [3.63, 3.8) is 0 Å². The minimum absolute atomic E-state index is 0.271. The maximum atomic E-state index is 13.6. The van der Waals surface area contributed by atoms with Gasteiger partial charge in [0.1, 0.15) is 0 Å². The SMILES string of the molecule is CCCCN(CCCC)c1ccc(C2(c3ccc(N(CCCC)CCCC)cc3)OC(=O)c3cc(N(C)C)ccc32)cc1.